The topological polar surface area (TPSA) is 82.3 Å². The first-order valence-corrected chi connectivity index (χ1v) is 5.31. The van der Waals surface area contributed by atoms with E-state index in [1.807, 2.05) is 18.2 Å². The van der Waals surface area contributed by atoms with Crippen molar-refractivity contribution in [2.45, 2.75) is 0 Å². The van der Waals surface area contributed by atoms with Crippen LogP contribution in [0.1, 0.15) is 0 Å². The summed E-state index contributed by atoms with van der Waals surface area (Å²) in [5, 5.41) is 0. The Morgan fingerprint density at radius 2 is 2.00 bits per heavy atom. The van der Waals surface area contributed by atoms with E-state index in [-0.39, 0.29) is 0 Å². The van der Waals surface area contributed by atoms with Crippen molar-refractivity contribution in [1.82, 2.24) is 9.97 Å². The molecule has 94 valence electrons. The van der Waals surface area contributed by atoms with Crippen LogP contribution in [0.2, 0.25) is 0 Å². The summed E-state index contributed by atoms with van der Waals surface area (Å²) in [6.45, 7) is 0. The number of nitrogen functional groups attached to an aromatic ring is 1. The number of methoxy groups -OCH3 is 2. The molecule has 6 nitrogen and oxygen atoms in total. The maximum atomic E-state index is 5.34. The Morgan fingerprint density at radius 3 is 2.67 bits per heavy atom. The number of hydrogen-bond donors (Lipinski definition) is 2. The number of para-hydroxylation sites is 1. The molecule has 0 aliphatic heterocycles. The average molecular weight is 246 g/mol. The molecule has 0 amide bonds. The number of aromatic nitrogens is 2. The van der Waals surface area contributed by atoms with Crippen molar-refractivity contribution in [3.05, 3.63) is 30.5 Å². The van der Waals surface area contributed by atoms with Crippen molar-refractivity contribution in [2.24, 2.45) is 5.84 Å². The van der Waals surface area contributed by atoms with Crippen LogP contribution in [-0.2, 0) is 0 Å². The Kier molecular flexibility index (Phi) is 3.59. The van der Waals surface area contributed by atoms with Gasteiger partial charge in [-0.15, -0.1) is 0 Å². The third-order valence-electron chi connectivity index (χ3n) is 2.45. The van der Waals surface area contributed by atoms with Crippen LogP contribution in [0.5, 0.6) is 11.5 Å². The molecule has 2 rings (SSSR count). The first kappa shape index (κ1) is 12.1. The number of hydrogen-bond acceptors (Lipinski definition) is 6. The number of nitrogens with one attached hydrogen (secondary N) is 1. The molecule has 0 aliphatic rings. The average Bonchev–Trinajstić information content (AvgIpc) is 2.46. The van der Waals surface area contributed by atoms with E-state index in [2.05, 4.69) is 15.4 Å². The van der Waals surface area contributed by atoms with Crippen molar-refractivity contribution in [3.8, 4) is 22.9 Å². The first-order chi connectivity index (χ1) is 8.80. The lowest BCUT2D eigenvalue weighted by Crippen LogP contribution is -2.09. The number of rotatable bonds is 4. The zero-order valence-electron chi connectivity index (χ0n) is 10.2. The van der Waals surface area contributed by atoms with E-state index < -0.39 is 0 Å². The van der Waals surface area contributed by atoms with E-state index in [4.69, 9.17) is 15.3 Å². The van der Waals surface area contributed by atoms with Gasteiger partial charge in [-0.1, -0.05) is 6.07 Å². The molecule has 0 saturated carbocycles. The molecule has 2 aromatic rings. The Bertz CT molecular complexity index is 545. The summed E-state index contributed by atoms with van der Waals surface area (Å²) in [7, 11) is 3.16. The van der Waals surface area contributed by atoms with Gasteiger partial charge in [-0.25, -0.2) is 15.8 Å². The van der Waals surface area contributed by atoms with Crippen LogP contribution in [0, 0.1) is 0 Å². The molecular weight excluding hydrogens is 232 g/mol. The minimum atomic E-state index is 0.515. The van der Waals surface area contributed by atoms with Crippen molar-refractivity contribution < 1.29 is 9.47 Å². The van der Waals surface area contributed by atoms with Gasteiger partial charge < -0.3 is 14.9 Å². The monoisotopic (exact) mass is 246 g/mol. The quantitative estimate of drug-likeness (QED) is 0.627. The molecular formula is C12H14N4O2. The SMILES string of the molecule is COc1cccc(-c2nccc(NN)n2)c1OC. The minimum absolute atomic E-state index is 0.515. The fourth-order valence-electron chi connectivity index (χ4n) is 1.63. The maximum Gasteiger partial charge on any atom is 0.171 e. The summed E-state index contributed by atoms with van der Waals surface area (Å²) >= 11 is 0. The Morgan fingerprint density at radius 1 is 1.17 bits per heavy atom. The molecule has 0 atom stereocenters. The number of benzene rings is 1. The molecule has 0 spiro atoms. The zero-order chi connectivity index (χ0) is 13.0. The Labute approximate surface area is 105 Å². The van der Waals surface area contributed by atoms with Gasteiger partial charge in [0.15, 0.2) is 17.3 Å². The smallest absolute Gasteiger partial charge is 0.171 e. The van der Waals surface area contributed by atoms with Gasteiger partial charge in [0.25, 0.3) is 0 Å². The summed E-state index contributed by atoms with van der Waals surface area (Å²) in [6.07, 6.45) is 1.62. The highest BCUT2D eigenvalue weighted by atomic mass is 16.5. The lowest BCUT2D eigenvalue weighted by molar-refractivity contribution is 0.356. The number of nitrogens with two attached hydrogens (primary N) is 1. The van der Waals surface area contributed by atoms with Crippen molar-refractivity contribution in [2.75, 3.05) is 19.6 Å². The molecule has 3 N–H and O–H groups in total. The molecule has 0 aliphatic carbocycles. The highest BCUT2D eigenvalue weighted by Gasteiger charge is 2.13. The van der Waals surface area contributed by atoms with Gasteiger partial charge in [-0.2, -0.15) is 0 Å². The molecule has 6 heteroatoms. The van der Waals surface area contributed by atoms with E-state index >= 15 is 0 Å². The number of ether oxygens (including phenoxy) is 2. The summed E-state index contributed by atoms with van der Waals surface area (Å²) < 4.78 is 10.6. The molecule has 1 heterocycles. The van der Waals surface area contributed by atoms with Gasteiger partial charge in [0.1, 0.15) is 5.82 Å². The summed E-state index contributed by atoms with van der Waals surface area (Å²) in [5.41, 5.74) is 3.22. The van der Waals surface area contributed by atoms with Crippen molar-refractivity contribution in [3.63, 3.8) is 0 Å². The van der Waals surface area contributed by atoms with E-state index in [1.54, 1.807) is 26.5 Å². The summed E-state index contributed by atoms with van der Waals surface area (Å²) in [4.78, 5) is 8.46. The number of anilines is 1. The van der Waals surface area contributed by atoms with Crippen molar-refractivity contribution in [1.29, 1.82) is 0 Å². The lowest BCUT2D eigenvalue weighted by Gasteiger charge is -2.11. The van der Waals surface area contributed by atoms with Crippen molar-refractivity contribution >= 4 is 5.82 Å². The van der Waals surface area contributed by atoms with E-state index in [1.165, 1.54) is 0 Å². The maximum absolute atomic E-state index is 5.34. The van der Waals surface area contributed by atoms with Crippen LogP contribution in [0.4, 0.5) is 5.82 Å². The third-order valence-corrected chi connectivity index (χ3v) is 2.45. The molecule has 0 radical (unpaired) electrons. The zero-order valence-corrected chi connectivity index (χ0v) is 10.2. The molecule has 0 unspecified atom stereocenters. The number of hydrazine groups is 1. The second kappa shape index (κ2) is 5.33. The Balaban J connectivity index is 2.55. The predicted octanol–water partition coefficient (Wildman–Crippen LogP) is 1.45. The standard InChI is InChI=1S/C12H14N4O2/c1-17-9-5-3-4-8(11(9)18-2)12-14-7-6-10(15-12)16-13/h3-7H,13H2,1-2H3,(H,14,15,16). The summed E-state index contributed by atoms with van der Waals surface area (Å²) in [5.74, 6) is 7.60. The second-order valence-electron chi connectivity index (χ2n) is 3.45. The van der Waals surface area contributed by atoms with Gasteiger partial charge in [0.05, 0.1) is 19.8 Å². The number of nitrogens with zero attached hydrogens (tertiary/aromatic N) is 2. The van der Waals surface area contributed by atoms with E-state index in [0.29, 0.717) is 23.1 Å². The lowest BCUT2D eigenvalue weighted by atomic mass is 10.1. The first-order valence-electron chi connectivity index (χ1n) is 5.31. The van der Waals surface area contributed by atoms with E-state index in [9.17, 15) is 0 Å². The molecule has 0 saturated heterocycles. The molecule has 0 bridgehead atoms. The van der Waals surface area contributed by atoms with Crippen LogP contribution < -0.4 is 20.7 Å². The molecule has 1 aromatic heterocycles. The predicted molar refractivity (Wildman–Crippen MR) is 68.4 cm³/mol. The van der Waals surface area contributed by atoms with Gasteiger partial charge in [-0.3, -0.25) is 0 Å². The summed E-state index contributed by atoms with van der Waals surface area (Å²) in [6, 6.07) is 7.20. The van der Waals surface area contributed by atoms with E-state index in [0.717, 1.165) is 5.56 Å². The largest absolute Gasteiger partial charge is 0.493 e. The van der Waals surface area contributed by atoms with Crippen LogP contribution >= 0.6 is 0 Å². The van der Waals surface area contributed by atoms with Crippen LogP contribution in [0.15, 0.2) is 30.5 Å². The fraction of sp³-hybridized carbons (Fsp3) is 0.167. The van der Waals surface area contributed by atoms with Gasteiger partial charge >= 0.3 is 0 Å². The normalized spacial score (nSPS) is 9.94. The highest BCUT2D eigenvalue weighted by molar-refractivity contribution is 5.69. The Hall–Kier alpha value is -2.34. The second-order valence-corrected chi connectivity index (χ2v) is 3.45. The third kappa shape index (κ3) is 2.18. The minimum Gasteiger partial charge on any atom is -0.493 e. The molecule has 1 aromatic carbocycles. The van der Waals surface area contributed by atoms with Crippen LogP contribution in [0.25, 0.3) is 11.4 Å². The molecule has 0 fully saturated rings. The molecule has 18 heavy (non-hydrogen) atoms. The highest BCUT2D eigenvalue weighted by Crippen LogP contribution is 2.36. The van der Waals surface area contributed by atoms with Gasteiger partial charge in [0, 0.05) is 12.3 Å². The van der Waals surface area contributed by atoms with Crippen LogP contribution in [-0.4, -0.2) is 24.2 Å². The van der Waals surface area contributed by atoms with Crippen LogP contribution in [0.3, 0.4) is 0 Å². The van der Waals surface area contributed by atoms with Gasteiger partial charge in [0.2, 0.25) is 0 Å². The fourth-order valence-corrected chi connectivity index (χ4v) is 1.63. The van der Waals surface area contributed by atoms with Gasteiger partial charge in [-0.05, 0) is 12.1 Å².